The summed E-state index contributed by atoms with van der Waals surface area (Å²) in [6.07, 6.45) is 0.228. The third-order valence-electron chi connectivity index (χ3n) is 3.65. The Morgan fingerprint density at radius 2 is 1.83 bits per heavy atom. The number of ether oxygens (including phenoxy) is 4. The highest BCUT2D eigenvalue weighted by Gasteiger charge is 2.14. The van der Waals surface area contributed by atoms with E-state index in [-0.39, 0.29) is 12.3 Å². The minimum absolute atomic E-state index is 0.143. The molecule has 0 atom stereocenters. The van der Waals surface area contributed by atoms with Gasteiger partial charge in [-0.3, -0.25) is 4.79 Å². The molecule has 1 heterocycles. The molecule has 2 aromatic rings. The summed E-state index contributed by atoms with van der Waals surface area (Å²) in [6.45, 7) is 1.07. The lowest BCUT2D eigenvalue weighted by atomic mass is 10.1. The Balaban J connectivity index is 1.69. The van der Waals surface area contributed by atoms with Crippen molar-refractivity contribution in [2.75, 3.05) is 32.8 Å². The van der Waals surface area contributed by atoms with Crippen LogP contribution in [0.4, 0.5) is 5.69 Å². The number of hydrogen-bond donors (Lipinski definition) is 1. The molecule has 1 aliphatic rings. The molecule has 6 nitrogen and oxygen atoms in total. The van der Waals surface area contributed by atoms with Gasteiger partial charge in [0.15, 0.2) is 11.5 Å². The van der Waals surface area contributed by atoms with Crippen molar-refractivity contribution < 1.29 is 23.7 Å². The number of nitrogens with one attached hydrogen (secondary N) is 1. The van der Waals surface area contributed by atoms with Crippen LogP contribution < -0.4 is 24.3 Å². The van der Waals surface area contributed by atoms with E-state index in [1.165, 1.54) is 0 Å². The number of amides is 1. The molecule has 126 valence electrons. The maximum atomic E-state index is 12.3. The molecule has 1 N–H and O–H groups in total. The van der Waals surface area contributed by atoms with Gasteiger partial charge in [-0.05, 0) is 29.8 Å². The molecule has 1 aliphatic heterocycles. The summed E-state index contributed by atoms with van der Waals surface area (Å²) in [7, 11) is 3.13. The molecular formula is C18H19NO5. The lowest BCUT2D eigenvalue weighted by Crippen LogP contribution is -2.17. The molecule has 0 unspecified atom stereocenters. The molecule has 1 amide bonds. The molecule has 0 aromatic heterocycles. The zero-order valence-electron chi connectivity index (χ0n) is 13.6. The van der Waals surface area contributed by atoms with Crippen LogP contribution in [0.15, 0.2) is 36.4 Å². The third kappa shape index (κ3) is 3.53. The van der Waals surface area contributed by atoms with Gasteiger partial charge in [-0.25, -0.2) is 0 Å². The summed E-state index contributed by atoms with van der Waals surface area (Å²) in [5, 5.41) is 2.85. The number of anilines is 1. The number of hydrogen-bond acceptors (Lipinski definition) is 5. The first-order valence-electron chi connectivity index (χ1n) is 7.60. The second kappa shape index (κ2) is 7.12. The maximum absolute atomic E-state index is 12.3. The summed E-state index contributed by atoms with van der Waals surface area (Å²) >= 11 is 0. The van der Waals surface area contributed by atoms with E-state index in [0.717, 1.165) is 5.56 Å². The van der Waals surface area contributed by atoms with Gasteiger partial charge in [0.1, 0.15) is 24.7 Å². The normalized spacial score (nSPS) is 12.4. The topological polar surface area (TPSA) is 66.0 Å². The Labute approximate surface area is 140 Å². The Bertz CT molecular complexity index is 744. The quantitative estimate of drug-likeness (QED) is 0.913. The van der Waals surface area contributed by atoms with Crippen molar-refractivity contribution in [2.24, 2.45) is 0 Å². The van der Waals surface area contributed by atoms with E-state index in [2.05, 4.69) is 5.32 Å². The van der Waals surface area contributed by atoms with E-state index < -0.39 is 0 Å². The van der Waals surface area contributed by atoms with Crippen molar-refractivity contribution in [3.63, 3.8) is 0 Å². The van der Waals surface area contributed by atoms with Crippen molar-refractivity contribution in [3.05, 3.63) is 42.0 Å². The molecule has 0 bridgehead atoms. The van der Waals surface area contributed by atoms with Crippen molar-refractivity contribution in [2.45, 2.75) is 6.42 Å². The largest absolute Gasteiger partial charge is 0.497 e. The highest BCUT2D eigenvalue weighted by Crippen LogP contribution is 2.32. The van der Waals surface area contributed by atoms with Crippen molar-refractivity contribution >= 4 is 11.6 Å². The van der Waals surface area contributed by atoms with E-state index in [0.29, 0.717) is 41.9 Å². The van der Waals surface area contributed by atoms with Gasteiger partial charge in [0.2, 0.25) is 5.91 Å². The SMILES string of the molecule is COc1ccc(NC(=O)Cc2ccc3c(c2)OCCO3)c(OC)c1. The standard InChI is InChI=1S/C18H19NO5/c1-21-13-4-5-14(16(11-13)22-2)19-18(20)10-12-3-6-15-17(9-12)24-8-7-23-15/h3-6,9,11H,7-8,10H2,1-2H3,(H,19,20). The Morgan fingerprint density at radius 1 is 1.04 bits per heavy atom. The number of benzene rings is 2. The number of carbonyl (C=O) groups is 1. The summed E-state index contributed by atoms with van der Waals surface area (Å²) in [6, 6.07) is 10.8. The second-order valence-corrected chi connectivity index (χ2v) is 5.27. The zero-order chi connectivity index (χ0) is 16.9. The fourth-order valence-electron chi connectivity index (χ4n) is 2.48. The fourth-order valence-corrected chi connectivity index (χ4v) is 2.48. The number of methoxy groups -OCH3 is 2. The van der Waals surface area contributed by atoms with E-state index in [1.54, 1.807) is 32.4 Å². The molecule has 0 saturated heterocycles. The van der Waals surface area contributed by atoms with E-state index in [4.69, 9.17) is 18.9 Å². The number of carbonyl (C=O) groups excluding carboxylic acids is 1. The van der Waals surface area contributed by atoms with E-state index >= 15 is 0 Å². The number of fused-ring (bicyclic) bond motifs is 1. The summed E-state index contributed by atoms with van der Waals surface area (Å²) in [5.74, 6) is 2.45. The van der Waals surface area contributed by atoms with Gasteiger partial charge in [0.25, 0.3) is 0 Å². The van der Waals surface area contributed by atoms with Gasteiger partial charge in [0.05, 0.1) is 26.3 Å². The lowest BCUT2D eigenvalue weighted by molar-refractivity contribution is -0.115. The molecule has 0 saturated carbocycles. The summed E-state index contributed by atoms with van der Waals surface area (Å²) in [5.41, 5.74) is 1.45. The molecule has 0 radical (unpaired) electrons. The highest BCUT2D eigenvalue weighted by atomic mass is 16.6. The van der Waals surface area contributed by atoms with Gasteiger partial charge in [-0.15, -0.1) is 0 Å². The van der Waals surface area contributed by atoms with Crippen LogP contribution in [0.3, 0.4) is 0 Å². The average molecular weight is 329 g/mol. The summed E-state index contributed by atoms with van der Waals surface area (Å²) in [4.78, 5) is 12.3. The van der Waals surface area contributed by atoms with Crippen molar-refractivity contribution in [1.82, 2.24) is 0 Å². The minimum atomic E-state index is -0.143. The monoisotopic (exact) mass is 329 g/mol. The lowest BCUT2D eigenvalue weighted by Gasteiger charge is -2.18. The van der Waals surface area contributed by atoms with E-state index in [1.807, 2.05) is 18.2 Å². The van der Waals surface area contributed by atoms with Crippen LogP contribution in [0, 0.1) is 0 Å². The van der Waals surface area contributed by atoms with Gasteiger partial charge >= 0.3 is 0 Å². The molecule has 3 rings (SSSR count). The first-order chi connectivity index (χ1) is 11.7. The fraction of sp³-hybridized carbons (Fsp3) is 0.278. The van der Waals surface area contributed by atoms with Crippen LogP contribution in [-0.4, -0.2) is 33.3 Å². The first kappa shape index (κ1) is 16.0. The van der Waals surface area contributed by atoms with Gasteiger partial charge in [0, 0.05) is 6.07 Å². The molecular weight excluding hydrogens is 310 g/mol. The van der Waals surface area contributed by atoms with Crippen LogP contribution in [0.1, 0.15) is 5.56 Å². The smallest absolute Gasteiger partial charge is 0.228 e. The molecule has 0 spiro atoms. The van der Waals surface area contributed by atoms with Gasteiger partial charge in [-0.2, -0.15) is 0 Å². The number of rotatable bonds is 5. The first-order valence-corrected chi connectivity index (χ1v) is 7.60. The van der Waals surface area contributed by atoms with Crippen LogP contribution in [0.5, 0.6) is 23.0 Å². The van der Waals surface area contributed by atoms with Crippen LogP contribution in [-0.2, 0) is 11.2 Å². The predicted molar refractivity (Wildman–Crippen MR) is 89.3 cm³/mol. The molecule has 0 fully saturated rings. The predicted octanol–water partition coefficient (Wildman–Crippen LogP) is 2.66. The van der Waals surface area contributed by atoms with Crippen molar-refractivity contribution in [3.8, 4) is 23.0 Å². The van der Waals surface area contributed by atoms with E-state index in [9.17, 15) is 4.79 Å². The Kier molecular flexibility index (Phi) is 4.74. The van der Waals surface area contributed by atoms with Crippen molar-refractivity contribution in [1.29, 1.82) is 0 Å². The van der Waals surface area contributed by atoms with Gasteiger partial charge < -0.3 is 24.3 Å². The molecule has 0 aliphatic carbocycles. The maximum Gasteiger partial charge on any atom is 0.228 e. The molecule has 2 aromatic carbocycles. The molecule has 6 heteroatoms. The minimum Gasteiger partial charge on any atom is -0.497 e. The van der Waals surface area contributed by atoms with Crippen LogP contribution >= 0.6 is 0 Å². The third-order valence-corrected chi connectivity index (χ3v) is 3.65. The Morgan fingerprint density at radius 3 is 2.58 bits per heavy atom. The average Bonchev–Trinajstić information content (AvgIpc) is 2.62. The molecule has 24 heavy (non-hydrogen) atoms. The van der Waals surface area contributed by atoms with Crippen LogP contribution in [0.2, 0.25) is 0 Å². The highest BCUT2D eigenvalue weighted by molar-refractivity contribution is 5.93. The summed E-state index contributed by atoms with van der Waals surface area (Å²) < 4.78 is 21.4. The second-order valence-electron chi connectivity index (χ2n) is 5.27. The van der Waals surface area contributed by atoms with Gasteiger partial charge in [-0.1, -0.05) is 6.07 Å². The zero-order valence-corrected chi connectivity index (χ0v) is 13.6. The Hall–Kier alpha value is -2.89. The van der Waals surface area contributed by atoms with Crippen LogP contribution in [0.25, 0.3) is 0 Å².